The molecule has 0 saturated carbocycles. The van der Waals surface area contributed by atoms with Gasteiger partial charge in [-0.05, 0) is 92.3 Å². The van der Waals surface area contributed by atoms with Crippen molar-refractivity contribution in [1.82, 2.24) is 5.32 Å². The van der Waals surface area contributed by atoms with Gasteiger partial charge in [0.15, 0.2) is 5.60 Å². The molecule has 0 heterocycles. The normalized spacial score (nSPS) is 11.1. The zero-order valence-corrected chi connectivity index (χ0v) is 21.3. The van der Waals surface area contributed by atoms with Crippen LogP contribution in [0.3, 0.4) is 0 Å². The average molecular weight is 496 g/mol. The van der Waals surface area contributed by atoms with Crippen LogP contribution in [0.4, 0.5) is 0 Å². The Bertz CT molecular complexity index is 1230. The van der Waals surface area contributed by atoms with E-state index in [9.17, 15) is 14.7 Å². The molecule has 0 aliphatic heterocycles. The van der Waals surface area contributed by atoms with Gasteiger partial charge in [0.25, 0.3) is 5.91 Å². The average Bonchev–Trinajstić information content (AvgIpc) is 2.81. The number of ether oxygens (including phenoxy) is 2. The monoisotopic (exact) mass is 495 g/mol. The van der Waals surface area contributed by atoms with Crippen LogP contribution in [-0.2, 0) is 11.2 Å². The number of amides is 1. The summed E-state index contributed by atoms with van der Waals surface area (Å²) in [5, 5.41) is 12.7. The summed E-state index contributed by atoms with van der Waals surface area (Å²) < 4.78 is 11.0. The Morgan fingerprint density at radius 3 is 2.29 bits per heavy atom. The summed E-state index contributed by atoms with van der Waals surface area (Å²) in [7, 11) is 1.52. The number of benzene rings is 3. The largest absolute Gasteiger partial charge is 0.496 e. The van der Waals surface area contributed by atoms with E-state index in [4.69, 9.17) is 21.1 Å². The number of carboxylic acid groups (broad SMARTS) is 1. The fourth-order valence-corrected chi connectivity index (χ4v) is 3.83. The Balaban J connectivity index is 1.66. The maximum absolute atomic E-state index is 12.5. The van der Waals surface area contributed by atoms with Gasteiger partial charge in [0, 0.05) is 11.6 Å². The lowest BCUT2D eigenvalue weighted by Crippen LogP contribution is -2.38. The van der Waals surface area contributed by atoms with Crippen molar-refractivity contribution in [1.29, 1.82) is 0 Å². The second-order valence-electron chi connectivity index (χ2n) is 8.90. The highest BCUT2D eigenvalue weighted by molar-refractivity contribution is 6.31. The van der Waals surface area contributed by atoms with Crippen molar-refractivity contribution in [2.45, 2.75) is 39.7 Å². The second kappa shape index (κ2) is 10.8. The molecule has 0 radical (unpaired) electrons. The summed E-state index contributed by atoms with van der Waals surface area (Å²) in [5.41, 5.74) is 4.13. The minimum Gasteiger partial charge on any atom is -0.496 e. The number of nitrogens with one attached hydrogen (secondary N) is 1. The lowest BCUT2D eigenvalue weighted by Gasteiger charge is -2.23. The molecule has 184 valence electrons. The van der Waals surface area contributed by atoms with Crippen LogP contribution in [0.2, 0.25) is 5.02 Å². The summed E-state index contributed by atoms with van der Waals surface area (Å²) >= 11 is 6.02. The summed E-state index contributed by atoms with van der Waals surface area (Å²) in [5.74, 6) is -0.218. The Kier molecular flexibility index (Phi) is 8.07. The van der Waals surface area contributed by atoms with Gasteiger partial charge >= 0.3 is 5.97 Å². The fraction of sp³-hybridized carbons (Fsp3) is 0.286. The first-order chi connectivity index (χ1) is 16.5. The molecule has 0 aromatic heterocycles. The van der Waals surface area contributed by atoms with Gasteiger partial charge < -0.3 is 19.9 Å². The Morgan fingerprint density at radius 1 is 0.971 bits per heavy atom. The minimum atomic E-state index is -1.31. The van der Waals surface area contributed by atoms with Gasteiger partial charge in [0.1, 0.15) is 11.5 Å². The van der Waals surface area contributed by atoms with Crippen molar-refractivity contribution in [2.75, 3.05) is 13.7 Å². The van der Waals surface area contributed by atoms with Crippen LogP contribution in [-0.4, -0.2) is 36.2 Å². The highest BCUT2D eigenvalue weighted by Crippen LogP contribution is 2.32. The summed E-state index contributed by atoms with van der Waals surface area (Å²) in [6.45, 7) is 7.41. The number of rotatable bonds is 9. The Hall–Kier alpha value is -3.51. The van der Waals surface area contributed by atoms with Crippen LogP contribution in [0.15, 0.2) is 54.6 Å². The topological polar surface area (TPSA) is 84.9 Å². The molecule has 1 amide bonds. The number of aliphatic carboxylic acids is 1. The number of hydrogen-bond acceptors (Lipinski definition) is 4. The van der Waals surface area contributed by atoms with Crippen molar-refractivity contribution in [3.05, 3.63) is 81.9 Å². The van der Waals surface area contributed by atoms with Gasteiger partial charge in [-0.2, -0.15) is 0 Å². The third kappa shape index (κ3) is 6.34. The lowest BCUT2D eigenvalue weighted by molar-refractivity contribution is -0.152. The van der Waals surface area contributed by atoms with Gasteiger partial charge in [-0.3, -0.25) is 4.79 Å². The molecular weight excluding hydrogens is 466 g/mol. The van der Waals surface area contributed by atoms with Crippen molar-refractivity contribution in [2.24, 2.45) is 0 Å². The molecule has 3 rings (SSSR count). The predicted molar refractivity (Wildman–Crippen MR) is 138 cm³/mol. The van der Waals surface area contributed by atoms with Gasteiger partial charge in [-0.1, -0.05) is 35.9 Å². The molecule has 2 N–H and O–H groups in total. The molecular formula is C28H30ClNO5. The highest BCUT2D eigenvalue weighted by atomic mass is 35.5. The van der Waals surface area contributed by atoms with E-state index in [1.54, 1.807) is 18.2 Å². The number of hydrogen-bond donors (Lipinski definition) is 2. The molecule has 6 nitrogen and oxygen atoms in total. The van der Waals surface area contributed by atoms with E-state index < -0.39 is 11.6 Å². The van der Waals surface area contributed by atoms with Crippen molar-refractivity contribution < 1.29 is 24.2 Å². The number of halogens is 1. The molecule has 0 aliphatic rings. The predicted octanol–water partition coefficient (Wildman–Crippen LogP) is 5.85. The summed E-state index contributed by atoms with van der Waals surface area (Å²) in [6, 6.07) is 17.0. The van der Waals surface area contributed by atoms with Gasteiger partial charge in [0.05, 0.1) is 12.7 Å². The first-order valence-corrected chi connectivity index (χ1v) is 11.6. The number of carbonyl (C=O) groups is 2. The second-order valence-corrected chi connectivity index (χ2v) is 9.33. The molecule has 3 aromatic rings. The van der Waals surface area contributed by atoms with Crippen molar-refractivity contribution in [3.63, 3.8) is 0 Å². The third-order valence-electron chi connectivity index (χ3n) is 5.77. The third-order valence-corrected chi connectivity index (χ3v) is 6.01. The minimum absolute atomic E-state index is 0.236. The fourth-order valence-electron chi connectivity index (χ4n) is 3.65. The summed E-state index contributed by atoms with van der Waals surface area (Å²) in [4.78, 5) is 23.9. The standard InChI is InChI=1S/C28H30ClNO5/c1-17-15-25(35-28(3,4)27(32)33)18(2)14-22(17)20-8-6-19(7-9-20)12-13-30-26(31)23-16-21(29)10-11-24(23)34-5/h6-11,14-16H,12-13H2,1-5H3,(H,30,31)(H,32,33). The smallest absolute Gasteiger partial charge is 0.347 e. The van der Waals surface area contributed by atoms with E-state index in [-0.39, 0.29) is 5.91 Å². The van der Waals surface area contributed by atoms with Crippen LogP contribution in [0, 0.1) is 13.8 Å². The van der Waals surface area contributed by atoms with Crippen LogP contribution in [0.25, 0.3) is 11.1 Å². The Morgan fingerprint density at radius 2 is 1.66 bits per heavy atom. The zero-order chi connectivity index (χ0) is 25.8. The number of carbonyl (C=O) groups excluding carboxylic acids is 1. The van der Waals surface area contributed by atoms with E-state index in [0.29, 0.717) is 35.1 Å². The first kappa shape index (κ1) is 26.1. The number of carboxylic acids is 1. The molecule has 0 saturated heterocycles. The molecule has 35 heavy (non-hydrogen) atoms. The maximum atomic E-state index is 12.5. The summed E-state index contributed by atoms with van der Waals surface area (Å²) in [6.07, 6.45) is 0.671. The van der Waals surface area contributed by atoms with Crippen LogP contribution in [0.1, 0.15) is 40.9 Å². The molecule has 0 atom stereocenters. The first-order valence-electron chi connectivity index (χ1n) is 11.3. The van der Waals surface area contributed by atoms with E-state index in [1.807, 2.05) is 50.2 Å². The molecule has 0 spiro atoms. The molecule has 7 heteroatoms. The molecule has 0 bridgehead atoms. The van der Waals surface area contributed by atoms with Gasteiger partial charge in [0.2, 0.25) is 0 Å². The van der Waals surface area contributed by atoms with Crippen LogP contribution >= 0.6 is 11.6 Å². The van der Waals surface area contributed by atoms with E-state index in [1.165, 1.54) is 21.0 Å². The van der Waals surface area contributed by atoms with E-state index >= 15 is 0 Å². The van der Waals surface area contributed by atoms with E-state index in [2.05, 4.69) is 5.32 Å². The van der Waals surface area contributed by atoms with Crippen LogP contribution < -0.4 is 14.8 Å². The lowest BCUT2D eigenvalue weighted by atomic mass is 9.96. The molecule has 0 aliphatic carbocycles. The quantitative estimate of drug-likeness (QED) is 0.389. The van der Waals surface area contributed by atoms with Gasteiger partial charge in [-0.25, -0.2) is 4.79 Å². The zero-order valence-electron chi connectivity index (χ0n) is 20.6. The number of methoxy groups -OCH3 is 1. The maximum Gasteiger partial charge on any atom is 0.347 e. The van der Waals surface area contributed by atoms with Gasteiger partial charge in [-0.15, -0.1) is 0 Å². The van der Waals surface area contributed by atoms with Crippen LogP contribution in [0.5, 0.6) is 11.5 Å². The van der Waals surface area contributed by atoms with E-state index in [0.717, 1.165) is 27.8 Å². The van der Waals surface area contributed by atoms with Crippen molar-refractivity contribution in [3.8, 4) is 22.6 Å². The Labute approximate surface area is 210 Å². The molecule has 0 unspecified atom stereocenters. The highest BCUT2D eigenvalue weighted by Gasteiger charge is 2.30. The van der Waals surface area contributed by atoms with Crippen molar-refractivity contribution >= 4 is 23.5 Å². The molecule has 0 fully saturated rings. The SMILES string of the molecule is COc1ccc(Cl)cc1C(=O)NCCc1ccc(-c2cc(C)c(OC(C)(C)C(=O)O)cc2C)cc1. The number of aryl methyl sites for hydroxylation is 2. The molecule has 3 aromatic carbocycles.